The molecular weight excluding hydrogens is 589 g/mol. The summed E-state index contributed by atoms with van der Waals surface area (Å²) in [5.41, 5.74) is 10.5. The second-order valence-corrected chi connectivity index (χ2v) is 14.5. The van der Waals surface area contributed by atoms with E-state index in [9.17, 15) is 0 Å². The van der Waals surface area contributed by atoms with E-state index in [4.69, 9.17) is 0 Å². The highest BCUT2D eigenvalue weighted by atomic mass is 14.4. The highest BCUT2D eigenvalue weighted by molar-refractivity contribution is 6.37. The zero-order valence-corrected chi connectivity index (χ0v) is 27.5. The first kappa shape index (κ1) is 27.0. The maximum atomic E-state index is 2.46. The summed E-state index contributed by atoms with van der Waals surface area (Å²) in [7, 11) is 0. The van der Waals surface area contributed by atoms with E-state index in [0.29, 0.717) is 0 Å². The van der Waals surface area contributed by atoms with Gasteiger partial charge in [-0.05, 0) is 133 Å². The van der Waals surface area contributed by atoms with Crippen molar-refractivity contribution in [2.75, 3.05) is 0 Å². The van der Waals surface area contributed by atoms with Crippen molar-refractivity contribution in [2.45, 2.75) is 19.3 Å². The molecule has 0 atom stereocenters. The number of hydrogen-bond acceptors (Lipinski definition) is 0. The first-order valence-corrected chi connectivity index (χ1v) is 17.3. The Morgan fingerprint density at radius 2 is 0.816 bits per heavy atom. The Morgan fingerprint density at radius 1 is 0.306 bits per heavy atom. The molecule has 0 aromatic heterocycles. The minimum Gasteiger partial charge on any atom is -0.0619 e. The molecule has 0 heteroatoms. The van der Waals surface area contributed by atoms with Crippen LogP contribution in [0.3, 0.4) is 0 Å². The first-order valence-electron chi connectivity index (χ1n) is 17.3. The van der Waals surface area contributed by atoms with E-state index in [0.717, 1.165) is 0 Å². The van der Waals surface area contributed by atoms with Gasteiger partial charge in [-0.1, -0.05) is 147 Å². The van der Waals surface area contributed by atoms with Crippen molar-refractivity contribution in [2.24, 2.45) is 0 Å². The van der Waals surface area contributed by atoms with E-state index in [-0.39, 0.29) is 5.41 Å². The molecule has 0 nitrogen and oxygen atoms in total. The monoisotopic (exact) mass is 620 g/mol. The van der Waals surface area contributed by atoms with Gasteiger partial charge in [0.25, 0.3) is 0 Å². The minimum absolute atomic E-state index is 0.0259. The van der Waals surface area contributed by atoms with Crippen LogP contribution in [0.4, 0.5) is 0 Å². The third-order valence-electron chi connectivity index (χ3n) is 11.5. The molecule has 49 heavy (non-hydrogen) atoms. The molecule has 0 unspecified atom stereocenters. The van der Waals surface area contributed by atoms with Crippen LogP contribution >= 0.6 is 0 Å². The van der Waals surface area contributed by atoms with Gasteiger partial charge in [0.1, 0.15) is 0 Å². The Balaban J connectivity index is 1.19. The van der Waals surface area contributed by atoms with Crippen molar-refractivity contribution < 1.29 is 0 Å². The third-order valence-corrected chi connectivity index (χ3v) is 11.5. The molecule has 1 aliphatic carbocycles. The fourth-order valence-corrected chi connectivity index (χ4v) is 9.21. The fourth-order valence-electron chi connectivity index (χ4n) is 9.21. The number of fused-ring (bicyclic) bond motifs is 5. The van der Waals surface area contributed by atoms with Crippen LogP contribution in [-0.4, -0.2) is 0 Å². The summed E-state index contributed by atoms with van der Waals surface area (Å²) < 4.78 is 0. The second-order valence-electron chi connectivity index (χ2n) is 14.5. The maximum Gasteiger partial charge on any atom is 0.0159 e. The van der Waals surface area contributed by atoms with Gasteiger partial charge in [-0.25, -0.2) is 0 Å². The van der Waals surface area contributed by atoms with E-state index in [1.165, 1.54) is 109 Å². The van der Waals surface area contributed by atoms with Crippen LogP contribution < -0.4 is 0 Å². The maximum absolute atomic E-state index is 2.46. The van der Waals surface area contributed by atoms with E-state index in [1.807, 2.05) is 0 Å². The van der Waals surface area contributed by atoms with Crippen LogP contribution in [0, 0.1) is 0 Å². The quantitative estimate of drug-likeness (QED) is 0.169. The lowest BCUT2D eigenvalue weighted by Crippen LogP contribution is -2.14. The molecule has 1 aliphatic rings. The van der Waals surface area contributed by atoms with Crippen LogP contribution in [0.1, 0.15) is 25.0 Å². The van der Waals surface area contributed by atoms with E-state index in [2.05, 4.69) is 172 Å². The molecule has 10 aromatic rings. The molecule has 0 radical (unpaired) electrons. The Kier molecular flexibility index (Phi) is 5.27. The van der Waals surface area contributed by atoms with Gasteiger partial charge in [0.05, 0.1) is 0 Å². The molecule has 0 amide bonds. The van der Waals surface area contributed by atoms with Crippen LogP contribution in [0.2, 0.25) is 0 Å². The van der Waals surface area contributed by atoms with E-state index < -0.39 is 0 Å². The summed E-state index contributed by atoms with van der Waals surface area (Å²) in [5, 5.41) is 15.7. The molecular formula is C49H32. The van der Waals surface area contributed by atoms with Gasteiger partial charge in [0, 0.05) is 5.41 Å². The largest absolute Gasteiger partial charge is 0.0619 e. The smallest absolute Gasteiger partial charge is 0.0159 e. The molecule has 0 bridgehead atoms. The SMILES string of the molecule is CC1(C)c2ccccc2-c2ccc(-c3cccc(-c4cc5ccc6cccc7c8cccc9ccc%10cccc(c(c4)c5c67)c%10c98)c3)cc21. The summed E-state index contributed by atoms with van der Waals surface area (Å²) in [4.78, 5) is 0. The molecule has 0 spiro atoms. The molecule has 0 N–H and O–H groups in total. The lowest BCUT2D eigenvalue weighted by Gasteiger charge is -2.22. The first-order chi connectivity index (χ1) is 24.0. The predicted octanol–water partition coefficient (Wildman–Crippen LogP) is 13.7. The predicted molar refractivity (Wildman–Crippen MR) is 211 cm³/mol. The van der Waals surface area contributed by atoms with Gasteiger partial charge in [-0.15, -0.1) is 0 Å². The lowest BCUT2D eigenvalue weighted by molar-refractivity contribution is 0.660. The highest BCUT2D eigenvalue weighted by Crippen LogP contribution is 2.50. The van der Waals surface area contributed by atoms with Crippen LogP contribution in [0.25, 0.3) is 98.0 Å². The van der Waals surface area contributed by atoms with Gasteiger partial charge in [-0.2, -0.15) is 0 Å². The topological polar surface area (TPSA) is 0 Å². The Morgan fingerprint density at radius 3 is 1.49 bits per heavy atom. The van der Waals surface area contributed by atoms with E-state index in [1.54, 1.807) is 0 Å². The normalized spacial score (nSPS) is 13.7. The zero-order chi connectivity index (χ0) is 32.4. The van der Waals surface area contributed by atoms with Crippen molar-refractivity contribution in [3.05, 3.63) is 169 Å². The summed E-state index contributed by atoms with van der Waals surface area (Å²) in [6.45, 7) is 4.72. The van der Waals surface area contributed by atoms with Gasteiger partial charge in [0.15, 0.2) is 0 Å². The fraction of sp³-hybridized carbons (Fsp3) is 0.0612. The van der Waals surface area contributed by atoms with Crippen molar-refractivity contribution in [3.8, 4) is 33.4 Å². The summed E-state index contributed by atoms with van der Waals surface area (Å²) in [6.07, 6.45) is 0. The standard InChI is InChI=1S/C49H32/c1-49(2)43-18-4-3-14-37(43)38-24-23-34(28-44(38)49)32-12-5-13-33(25-32)36-26-35-22-21-31-10-7-16-40-39-15-6-9-29-19-20-30-11-8-17-41(47(30)45(29)39)42(27-36)48(35)46(31)40/h3-28H,1-2H3. The van der Waals surface area contributed by atoms with Crippen LogP contribution in [-0.2, 0) is 5.41 Å². The Hall–Kier alpha value is -5.98. The van der Waals surface area contributed by atoms with Crippen LogP contribution in [0.5, 0.6) is 0 Å². The molecule has 0 aliphatic heterocycles. The van der Waals surface area contributed by atoms with Gasteiger partial charge >= 0.3 is 0 Å². The van der Waals surface area contributed by atoms with Crippen molar-refractivity contribution in [1.29, 1.82) is 0 Å². The van der Waals surface area contributed by atoms with Crippen molar-refractivity contribution in [3.63, 3.8) is 0 Å². The number of rotatable bonds is 2. The molecule has 11 rings (SSSR count). The number of hydrogen-bond donors (Lipinski definition) is 0. The van der Waals surface area contributed by atoms with Gasteiger partial charge < -0.3 is 0 Å². The van der Waals surface area contributed by atoms with Gasteiger partial charge in [0.2, 0.25) is 0 Å². The summed E-state index contributed by atoms with van der Waals surface area (Å²) in [5.74, 6) is 0. The second kappa shape index (κ2) is 9.56. The summed E-state index contributed by atoms with van der Waals surface area (Å²) in [6, 6.07) is 59.6. The summed E-state index contributed by atoms with van der Waals surface area (Å²) >= 11 is 0. The van der Waals surface area contributed by atoms with Crippen LogP contribution in [0.15, 0.2) is 158 Å². The molecule has 10 aromatic carbocycles. The zero-order valence-electron chi connectivity index (χ0n) is 27.5. The Labute approximate surface area is 285 Å². The molecule has 0 saturated carbocycles. The molecule has 228 valence electrons. The third kappa shape index (κ3) is 3.64. The molecule has 0 saturated heterocycles. The lowest BCUT2D eigenvalue weighted by atomic mass is 9.81. The molecule has 0 fully saturated rings. The Bertz CT molecular complexity index is 3000. The highest BCUT2D eigenvalue weighted by Gasteiger charge is 2.35. The average Bonchev–Trinajstić information content (AvgIpc) is 3.38. The number of benzene rings is 9. The van der Waals surface area contributed by atoms with Gasteiger partial charge in [-0.3, -0.25) is 0 Å². The minimum atomic E-state index is -0.0259. The van der Waals surface area contributed by atoms with E-state index >= 15 is 0 Å². The van der Waals surface area contributed by atoms with Crippen molar-refractivity contribution >= 4 is 64.6 Å². The average molecular weight is 621 g/mol. The van der Waals surface area contributed by atoms with Crippen molar-refractivity contribution in [1.82, 2.24) is 0 Å². The molecule has 0 heterocycles.